The van der Waals surface area contributed by atoms with Crippen LogP contribution in [0.2, 0.25) is 0 Å². The summed E-state index contributed by atoms with van der Waals surface area (Å²) in [6.45, 7) is 5.56. The normalized spacial score (nSPS) is 10.4. The average molecular weight is 287 g/mol. The summed E-state index contributed by atoms with van der Waals surface area (Å²) in [4.78, 5) is 23.7. The smallest absolute Gasteiger partial charge is 0.337 e. The number of aromatic nitrogens is 1. The zero-order valence-corrected chi connectivity index (χ0v) is 12.2. The predicted molar refractivity (Wildman–Crippen MR) is 79.6 cm³/mol. The number of hydrogen-bond acceptors (Lipinski definition) is 3. The Hall–Kier alpha value is -2.56. The van der Waals surface area contributed by atoms with Crippen molar-refractivity contribution in [2.75, 3.05) is 6.61 Å². The molecule has 0 fully saturated rings. The van der Waals surface area contributed by atoms with E-state index >= 15 is 0 Å². The Bertz CT molecular complexity index is 746. The molecule has 5 nitrogen and oxygen atoms in total. The van der Waals surface area contributed by atoms with Crippen LogP contribution >= 0.6 is 0 Å². The molecule has 2 rings (SSSR count). The van der Waals surface area contributed by atoms with Gasteiger partial charge in [-0.2, -0.15) is 0 Å². The highest BCUT2D eigenvalue weighted by atomic mass is 16.5. The zero-order valence-electron chi connectivity index (χ0n) is 12.2. The number of ether oxygens (including phenoxy) is 1. The van der Waals surface area contributed by atoms with Crippen molar-refractivity contribution in [3.05, 3.63) is 57.5 Å². The standard InChI is InChI=1S/C16H17NO4/c1-4-21-13-8-6-5-7-12(13)17-11(3)15(16(19)20)10(2)9-14(17)18/h5-9H,4H2,1-3H3,(H,19,20). The van der Waals surface area contributed by atoms with E-state index < -0.39 is 5.97 Å². The minimum Gasteiger partial charge on any atom is -0.492 e. The van der Waals surface area contributed by atoms with Gasteiger partial charge in [-0.05, 0) is 38.5 Å². The monoisotopic (exact) mass is 287 g/mol. The molecule has 0 bridgehead atoms. The molecule has 1 aromatic carbocycles. The van der Waals surface area contributed by atoms with Gasteiger partial charge in [-0.1, -0.05) is 12.1 Å². The van der Waals surface area contributed by atoms with Crippen LogP contribution in [-0.2, 0) is 0 Å². The first-order chi connectivity index (χ1) is 9.97. The van der Waals surface area contributed by atoms with Crippen LogP contribution in [0.25, 0.3) is 5.69 Å². The van der Waals surface area contributed by atoms with Gasteiger partial charge in [-0.3, -0.25) is 9.36 Å². The third-order valence-electron chi connectivity index (χ3n) is 3.27. The van der Waals surface area contributed by atoms with Crippen LogP contribution in [0.3, 0.4) is 0 Å². The fourth-order valence-corrected chi connectivity index (χ4v) is 2.43. The van der Waals surface area contributed by atoms with E-state index in [4.69, 9.17) is 4.74 Å². The van der Waals surface area contributed by atoms with Gasteiger partial charge in [0.15, 0.2) is 0 Å². The molecule has 5 heteroatoms. The highest BCUT2D eigenvalue weighted by Crippen LogP contribution is 2.24. The Labute approximate surface area is 122 Å². The van der Waals surface area contributed by atoms with Crippen molar-refractivity contribution < 1.29 is 14.6 Å². The minimum absolute atomic E-state index is 0.140. The number of hydrogen-bond donors (Lipinski definition) is 1. The van der Waals surface area contributed by atoms with Crippen LogP contribution < -0.4 is 10.3 Å². The van der Waals surface area contributed by atoms with Gasteiger partial charge in [0.1, 0.15) is 5.75 Å². The number of rotatable bonds is 4. The van der Waals surface area contributed by atoms with Crippen LogP contribution in [0.1, 0.15) is 28.5 Å². The van der Waals surface area contributed by atoms with Crippen LogP contribution in [-0.4, -0.2) is 22.2 Å². The Morgan fingerprint density at radius 2 is 1.95 bits per heavy atom. The maximum atomic E-state index is 12.3. The number of carboxylic acid groups (broad SMARTS) is 1. The average Bonchev–Trinajstić information content (AvgIpc) is 2.39. The van der Waals surface area contributed by atoms with E-state index in [1.54, 1.807) is 38.1 Å². The van der Waals surface area contributed by atoms with E-state index in [1.807, 2.05) is 6.92 Å². The topological polar surface area (TPSA) is 68.5 Å². The van der Waals surface area contributed by atoms with E-state index in [2.05, 4.69) is 0 Å². The molecule has 110 valence electrons. The van der Waals surface area contributed by atoms with Gasteiger partial charge in [0, 0.05) is 11.8 Å². The fraction of sp³-hybridized carbons (Fsp3) is 0.250. The van der Waals surface area contributed by atoms with E-state index in [-0.39, 0.29) is 11.1 Å². The lowest BCUT2D eigenvalue weighted by molar-refractivity contribution is 0.0694. The van der Waals surface area contributed by atoms with E-state index in [1.165, 1.54) is 10.6 Å². The number of carboxylic acids is 1. The summed E-state index contributed by atoms with van der Waals surface area (Å²) in [6, 6.07) is 8.41. The molecule has 1 heterocycles. The molecule has 0 unspecified atom stereocenters. The van der Waals surface area contributed by atoms with E-state index in [0.717, 1.165) is 0 Å². The molecule has 0 atom stereocenters. The van der Waals surface area contributed by atoms with Gasteiger partial charge in [0.05, 0.1) is 17.9 Å². The molecule has 1 N–H and O–H groups in total. The third-order valence-corrected chi connectivity index (χ3v) is 3.27. The Morgan fingerprint density at radius 3 is 2.57 bits per heavy atom. The van der Waals surface area contributed by atoms with Crippen molar-refractivity contribution in [3.63, 3.8) is 0 Å². The number of carbonyl (C=O) groups is 1. The maximum absolute atomic E-state index is 12.3. The summed E-state index contributed by atoms with van der Waals surface area (Å²) < 4.78 is 6.90. The first-order valence-corrected chi connectivity index (χ1v) is 6.66. The summed E-state index contributed by atoms with van der Waals surface area (Å²) in [7, 11) is 0. The number of aromatic carboxylic acids is 1. The lowest BCUT2D eigenvalue weighted by Gasteiger charge is -2.17. The van der Waals surface area contributed by atoms with Gasteiger partial charge in [0.2, 0.25) is 0 Å². The van der Waals surface area contributed by atoms with Gasteiger partial charge in [-0.25, -0.2) is 4.79 Å². The second-order valence-electron chi connectivity index (χ2n) is 4.67. The minimum atomic E-state index is -1.05. The first-order valence-electron chi connectivity index (χ1n) is 6.66. The second-order valence-corrected chi connectivity index (χ2v) is 4.67. The molecular weight excluding hydrogens is 270 g/mol. The molecule has 1 aromatic heterocycles. The maximum Gasteiger partial charge on any atom is 0.337 e. The molecule has 0 radical (unpaired) electrons. The SMILES string of the molecule is CCOc1ccccc1-n1c(C)c(C(=O)O)c(C)cc1=O. The molecule has 21 heavy (non-hydrogen) atoms. The van der Waals surface area contributed by atoms with Gasteiger partial charge >= 0.3 is 5.97 Å². The second kappa shape index (κ2) is 5.83. The molecule has 0 aliphatic rings. The molecule has 0 spiro atoms. The summed E-state index contributed by atoms with van der Waals surface area (Å²) in [5.41, 5.74) is 1.25. The Morgan fingerprint density at radius 1 is 1.29 bits per heavy atom. The summed E-state index contributed by atoms with van der Waals surface area (Å²) in [6.07, 6.45) is 0. The lowest BCUT2D eigenvalue weighted by Crippen LogP contribution is -2.24. The van der Waals surface area contributed by atoms with Crippen molar-refractivity contribution in [1.29, 1.82) is 0 Å². The largest absolute Gasteiger partial charge is 0.492 e. The van der Waals surface area contributed by atoms with Crippen LogP contribution in [0.5, 0.6) is 5.75 Å². The Kier molecular flexibility index (Phi) is 4.12. The molecule has 2 aromatic rings. The molecule has 0 aliphatic carbocycles. The fourth-order valence-electron chi connectivity index (χ4n) is 2.43. The van der Waals surface area contributed by atoms with Gasteiger partial charge < -0.3 is 9.84 Å². The third kappa shape index (κ3) is 2.67. The van der Waals surface area contributed by atoms with Crippen molar-refractivity contribution in [3.8, 4) is 11.4 Å². The van der Waals surface area contributed by atoms with Crippen molar-refractivity contribution >= 4 is 5.97 Å². The van der Waals surface area contributed by atoms with Gasteiger partial charge in [0.25, 0.3) is 5.56 Å². The quantitative estimate of drug-likeness (QED) is 0.938. The first kappa shape index (κ1) is 14.8. The highest BCUT2D eigenvalue weighted by molar-refractivity contribution is 5.90. The summed E-state index contributed by atoms with van der Waals surface area (Å²) in [5, 5.41) is 9.33. The predicted octanol–water partition coefficient (Wildman–Crippen LogP) is 2.55. The molecule has 0 aliphatic heterocycles. The van der Waals surface area contributed by atoms with Crippen LogP contribution in [0, 0.1) is 13.8 Å². The molecule has 0 saturated carbocycles. The lowest BCUT2D eigenvalue weighted by atomic mass is 10.1. The summed E-state index contributed by atoms with van der Waals surface area (Å²) in [5.74, 6) is -0.502. The van der Waals surface area contributed by atoms with Gasteiger partial charge in [-0.15, -0.1) is 0 Å². The van der Waals surface area contributed by atoms with Crippen molar-refractivity contribution in [2.45, 2.75) is 20.8 Å². The van der Waals surface area contributed by atoms with Crippen molar-refractivity contribution in [1.82, 2.24) is 4.57 Å². The van der Waals surface area contributed by atoms with Crippen molar-refractivity contribution in [2.24, 2.45) is 0 Å². The zero-order chi connectivity index (χ0) is 15.6. The number of benzene rings is 1. The summed E-state index contributed by atoms with van der Waals surface area (Å²) >= 11 is 0. The van der Waals surface area contributed by atoms with E-state index in [0.29, 0.717) is 29.3 Å². The molecule has 0 saturated heterocycles. The molecule has 0 amide bonds. The van der Waals surface area contributed by atoms with E-state index in [9.17, 15) is 14.7 Å². The van der Waals surface area contributed by atoms with Crippen LogP contribution in [0.15, 0.2) is 35.1 Å². The number of nitrogens with zero attached hydrogens (tertiary/aromatic N) is 1. The number of aryl methyl sites for hydroxylation is 1. The van der Waals surface area contributed by atoms with Crippen LogP contribution in [0.4, 0.5) is 0 Å². The molecular formula is C16H17NO4. The Balaban J connectivity index is 2.79. The number of para-hydroxylation sites is 2. The number of pyridine rings is 1. The highest BCUT2D eigenvalue weighted by Gasteiger charge is 2.18.